The highest BCUT2D eigenvalue weighted by atomic mass is 19.3. The second-order valence-electron chi connectivity index (χ2n) is 6.65. The van der Waals surface area contributed by atoms with Crippen LogP contribution in [0, 0.1) is 0 Å². The van der Waals surface area contributed by atoms with Gasteiger partial charge in [0.1, 0.15) is 0 Å². The molecule has 4 rings (SSSR count). The zero-order valence-corrected chi connectivity index (χ0v) is 16.6. The molecule has 1 N–H and O–H groups in total. The van der Waals surface area contributed by atoms with Crippen LogP contribution in [0.25, 0.3) is 27.8 Å². The monoisotopic (exact) mass is 428 g/mol. The van der Waals surface area contributed by atoms with E-state index in [-0.39, 0.29) is 5.88 Å². The first-order valence-corrected chi connectivity index (χ1v) is 9.19. The number of aromatic nitrogens is 4. The number of hydrogen-bond donors (Lipinski definition) is 1. The molecule has 0 saturated carbocycles. The molecule has 4 heterocycles. The van der Waals surface area contributed by atoms with E-state index in [1.54, 1.807) is 30.6 Å². The molecule has 0 radical (unpaired) electrons. The maximum atomic E-state index is 12.6. The minimum Gasteiger partial charge on any atom is -0.494 e. The Balaban J connectivity index is 1.75. The number of fused-ring (bicyclic) bond motifs is 1. The average Bonchev–Trinajstić information content (AvgIpc) is 3.10. The second-order valence-corrected chi connectivity index (χ2v) is 6.65. The highest BCUT2D eigenvalue weighted by molar-refractivity contribution is 5.87. The number of halogens is 2. The molecule has 4 aromatic rings. The van der Waals surface area contributed by atoms with Gasteiger partial charge in [0.05, 0.1) is 43.0 Å². The van der Waals surface area contributed by atoms with Gasteiger partial charge in [0.2, 0.25) is 5.88 Å². The summed E-state index contributed by atoms with van der Waals surface area (Å²) in [5, 5.41) is 11.1. The topological polar surface area (TPSA) is 91.4 Å². The Bertz CT molecular complexity index is 1320. The van der Waals surface area contributed by atoms with Crippen molar-refractivity contribution in [2.45, 2.75) is 13.0 Å². The predicted molar refractivity (Wildman–Crippen MR) is 109 cm³/mol. The first-order chi connectivity index (χ1) is 14.9. The van der Waals surface area contributed by atoms with Gasteiger partial charge in [-0.15, -0.1) is 0 Å². The highest BCUT2D eigenvalue weighted by Gasteiger charge is 2.15. The third kappa shape index (κ3) is 3.79. The lowest BCUT2D eigenvalue weighted by Crippen LogP contribution is -2.22. The van der Waals surface area contributed by atoms with Gasteiger partial charge < -0.3 is 19.1 Å². The summed E-state index contributed by atoms with van der Waals surface area (Å²) >= 11 is 0. The normalized spacial score (nSPS) is 11.3. The second kappa shape index (κ2) is 8.05. The number of alkyl halides is 2. The molecule has 0 aliphatic carbocycles. The molecule has 160 valence electrons. The van der Waals surface area contributed by atoms with Crippen LogP contribution < -0.4 is 15.0 Å². The van der Waals surface area contributed by atoms with E-state index in [1.165, 1.54) is 37.1 Å². The molecular weight excluding hydrogens is 410 g/mol. The van der Waals surface area contributed by atoms with E-state index < -0.39 is 18.5 Å². The molecule has 0 saturated heterocycles. The van der Waals surface area contributed by atoms with Crippen LogP contribution in [0.2, 0.25) is 0 Å². The molecule has 4 aromatic heterocycles. The lowest BCUT2D eigenvalue weighted by molar-refractivity contribution is 0.125. The number of hydrogen-bond acceptors (Lipinski definition) is 6. The van der Waals surface area contributed by atoms with E-state index >= 15 is 0 Å². The Morgan fingerprint density at radius 1 is 1.16 bits per heavy atom. The van der Waals surface area contributed by atoms with Crippen molar-refractivity contribution in [1.82, 2.24) is 19.1 Å². The Kier molecular flexibility index (Phi) is 5.28. The van der Waals surface area contributed by atoms with Crippen LogP contribution in [-0.2, 0) is 6.54 Å². The van der Waals surface area contributed by atoms with E-state index in [0.717, 1.165) is 4.57 Å². The molecule has 0 aliphatic heterocycles. The van der Waals surface area contributed by atoms with Gasteiger partial charge in [-0.3, -0.25) is 9.36 Å². The fraction of sp³-hybridized carbons (Fsp3) is 0.190. The van der Waals surface area contributed by atoms with E-state index in [4.69, 9.17) is 9.47 Å². The van der Waals surface area contributed by atoms with E-state index in [0.29, 0.717) is 39.5 Å². The molecule has 31 heavy (non-hydrogen) atoms. The molecule has 0 aromatic carbocycles. The van der Waals surface area contributed by atoms with Crippen LogP contribution in [-0.4, -0.2) is 44.9 Å². The van der Waals surface area contributed by atoms with Gasteiger partial charge in [-0.1, -0.05) is 0 Å². The average molecular weight is 428 g/mol. The number of pyridine rings is 3. The largest absolute Gasteiger partial charge is 0.494 e. The van der Waals surface area contributed by atoms with Crippen molar-refractivity contribution in [3.63, 3.8) is 0 Å². The fourth-order valence-electron chi connectivity index (χ4n) is 3.25. The highest BCUT2D eigenvalue weighted by Crippen LogP contribution is 2.33. The van der Waals surface area contributed by atoms with E-state index in [2.05, 4.69) is 9.97 Å². The Morgan fingerprint density at radius 2 is 1.97 bits per heavy atom. The molecule has 10 heteroatoms. The van der Waals surface area contributed by atoms with E-state index in [9.17, 15) is 18.7 Å². The predicted octanol–water partition coefficient (Wildman–Crippen LogP) is 3.24. The third-order valence-corrected chi connectivity index (χ3v) is 4.77. The Hall–Kier alpha value is -3.95. The van der Waals surface area contributed by atoms with Crippen molar-refractivity contribution in [1.29, 1.82) is 0 Å². The lowest BCUT2D eigenvalue weighted by Gasteiger charge is -2.08. The van der Waals surface area contributed by atoms with Gasteiger partial charge in [0.25, 0.3) is 17.9 Å². The lowest BCUT2D eigenvalue weighted by atomic mass is 10.1. The summed E-state index contributed by atoms with van der Waals surface area (Å²) < 4.78 is 37.8. The molecule has 0 unspecified atom stereocenters. The van der Waals surface area contributed by atoms with Gasteiger partial charge in [0, 0.05) is 30.2 Å². The molecule has 0 bridgehead atoms. The van der Waals surface area contributed by atoms with Crippen LogP contribution in [0.3, 0.4) is 0 Å². The van der Waals surface area contributed by atoms with Crippen molar-refractivity contribution in [3.05, 3.63) is 59.3 Å². The van der Waals surface area contributed by atoms with Gasteiger partial charge in [-0.2, -0.15) is 0 Å². The molecule has 0 fully saturated rings. The quantitative estimate of drug-likeness (QED) is 0.507. The zero-order valence-electron chi connectivity index (χ0n) is 16.6. The minimum atomic E-state index is -2.64. The van der Waals surface area contributed by atoms with Crippen molar-refractivity contribution < 1.29 is 23.4 Å². The van der Waals surface area contributed by atoms with E-state index in [1.807, 2.05) is 0 Å². The zero-order chi connectivity index (χ0) is 22.1. The molecule has 8 nitrogen and oxygen atoms in total. The maximum Gasteiger partial charge on any atom is 0.256 e. The van der Waals surface area contributed by atoms with Gasteiger partial charge in [-0.25, -0.2) is 18.7 Å². The maximum absolute atomic E-state index is 12.6. The first-order valence-electron chi connectivity index (χ1n) is 9.19. The smallest absolute Gasteiger partial charge is 0.256 e. The Labute approximate surface area is 174 Å². The number of ether oxygens (including phenoxy) is 2. The molecule has 0 spiro atoms. The van der Waals surface area contributed by atoms with Crippen molar-refractivity contribution in [2.24, 2.45) is 0 Å². The third-order valence-electron chi connectivity index (χ3n) is 4.77. The Morgan fingerprint density at radius 3 is 2.65 bits per heavy atom. The summed E-state index contributed by atoms with van der Waals surface area (Å²) in [6, 6.07) is 7.80. The summed E-state index contributed by atoms with van der Waals surface area (Å²) in [5.74, 6) is 0.676. The van der Waals surface area contributed by atoms with Gasteiger partial charge in [0.15, 0.2) is 5.75 Å². The van der Waals surface area contributed by atoms with Gasteiger partial charge >= 0.3 is 0 Å². The summed E-state index contributed by atoms with van der Waals surface area (Å²) in [6.45, 7) is -0.691. The van der Waals surface area contributed by atoms with Crippen LogP contribution in [0.4, 0.5) is 8.78 Å². The van der Waals surface area contributed by atoms with Crippen LogP contribution in [0.15, 0.2) is 53.7 Å². The summed E-state index contributed by atoms with van der Waals surface area (Å²) in [4.78, 5) is 20.9. The fourth-order valence-corrected chi connectivity index (χ4v) is 3.25. The summed E-state index contributed by atoms with van der Waals surface area (Å²) in [5.41, 5.74) is 1.48. The van der Waals surface area contributed by atoms with Crippen molar-refractivity contribution in [2.75, 3.05) is 14.2 Å². The number of rotatable bonds is 6. The number of methoxy groups -OCH3 is 2. The van der Waals surface area contributed by atoms with Crippen molar-refractivity contribution >= 4 is 10.9 Å². The van der Waals surface area contributed by atoms with Crippen LogP contribution in [0.5, 0.6) is 17.5 Å². The first kappa shape index (κ1) is 20.3. The summed E-state index contributed by atoms with van der Waals surface area (Å²) in [7, 11) is 3.00. The summed E-state index contributed by atoms with van der Waals surface area (Å²) in [6.07, 6.45) is 1.78. The SMILES string of the molecule is COc1cc(-c2ccc3c(O)n(-c4ccn(CC(F)F)c(=O)c4)cc3n2)cnc1OC. The molecule has 0 aliphatic rings. The standard InChI is InChI=1S/C21H18F2N4O4/c1-30-17-7-12(9-24-20(17)31-2)15-4-3-14-16(25-15)10-27(21(14)29)13-5-6-26(11-18(22)23)19(28)8-13/h3-10,18,29H,11H2,1-2H3. The minimum absolute atomic E-state index is 0.120. The molecular formula is C21H18F2N4O4. The van der Waals surface area contributed by atoms with Crippen molar-refractivity contribution in [3.8, 4) is 34.5 Å². The van der Waals surface area contributed by atoms with Gasteiger partial charge in [-0.05, 0) is 24.3 Å². The van der Waals surface area contributed by atoms with Crippen LogP contribution in [0.1, 0.15) is 0 Å². The molecule has 0 atom stereocenters. The van der Waals surface area contributed by atoms with Crippen LogP contribution >= 0.6 is 0 Å². The number of aromatic hydroxyl groups is 1. The number of nitrogens with zero attached hydrogens (tertiary/aromatic N) is 4. The molecule has 0 amide bonds.